The maximum atomic E-state index is 5.89. The molecule has 1 aromatic carbocycles. The van der Waals surface area contributed by atoms with Gasteiger partial charge in [0.15, 0.2) is 12.4 Å². The Bertz CT molecular complexity index is 579. The van der Waals surface area contributed by atoms with Crippen molar-refractivity contribution in [3.63, 3.8) is 0 Å². The van der Waals surface area contributed by atoms with Gasteiger partial charge < -0.3 is 14.6 Å². The van der Waals surface area contributed by atoms with Gasteiger partial charge in [0.05, 0.1) is 0 Å². The van der Waals surface area contributed by atoms with Gasteiger partial charge in [-0.15, -0.1) is 0 Å². The maximum Gasteiger partial charge on any atom is 0.264 e. The van der Waals surface area contributed by atoms with Crippen molar-refractivity contribution in [1.29, 1.82) is 0 Å². The predicted molar refractivity (Wildman–Crippen MR) is 81.1 cm³/mol. The monoisotopic (exact) mass is 289 g/mol. The predicted octanol–water partition coefficient (Wildman–Crippen LogP) is 3.01. The van der Waals surface area contributed by atoms with Gasteiger partial charge >= 0.3 is 0 Å². The summed E-state index contributed by atoms with van der Waals surface area (Å²) in [4.78, 5) is 4.15. The Morgan fingerprint density at radius 2 is 2.10 bits per heavy atom. The van der Waals surface area contributed by atoms with E-state index >= 15 is 0 Å². The molecule has 5 nitrogen and oxygen atoms in total. The summed E-state index contributed by atoms with van der Waals surface area (Å²) in [7, 11) is 0. The van der Waals surface area contributed by atoms with Crippen molar-refractivity contribution in [3.8, 4) is 5.75 Å². The van der Waals surface area contributed by atoms with Crippen LogP contribution in [-0.4, -0.2) is 16.7 Å². The Balaban J connectivity index is 2.02. The van der Waals surface area contributed by atoms with Crippen LogP contribution >= 0.6 is 0 Å². The zero-order valence-electron chi connectivity index (χ0n) is 13.1. The average Bonchev–Trinajstić information content (AvgIpc) is 2.83. The molecule has 1 N–H and O–H groups in total. The van der Waals surface area contributed by atoms with Crippen LogP contribution in [-0.2, 0) is 13.2 Å². The first-order valence-corrected chi connectivity index (χ1v) is 7.27. The van der Waals surface area contributed by atoms with Crippen molar-refractivity contribution in [2.75, 3.05) is 6.54 Å². The van der Waals surface area contributed by atoms with Gasteiger partial charge in [-0.1, -0.05) is 37.2 Å². The van der Waals surface area contributed by atoms with Gasteiger partial charge in [0.25, 0.3) is 5.89 Å². The molecule has 0 saturated heterocycles. The number of benzene rings is 1. The van der Waals surface area contributed by atoms with Crippen LogP contribution in [0.4, 0.5) is 0 Å². The number of hydrogen-bond acceptors (Lipinski definition) is 5. The summed E-state index contributed by atoms with van der Waals surface area (Å²) in [6, 6.07) is 6.17. The molecule has 0 atom stereocenters. The van der Waals surface area contributed by atoms with Crippen molar-refractivity contribution in [2.45, 2.75) is 40.8 Å². The molecule has 1 heterocycles. The normalized spacial score (nSPS) is 11.1. The lowest BCUT2D eigenvalue weighted by Gasteiger charge is -2.14. The lowest BCUT2D eigenvalue weighted by atomic mass is 10.1. The van der Waals surface area contributed by atoms with E-state index in [4.69, 9.17) is 9.26 Å². The minimum atomic E-state index is 0.295. The Hall–Kier alpha value is -1.88. The summed E-state index contributed by atoms with van der Waals surface area (Å²) in [5.41, 5.74) is 2.25. The van der Waals surface area contributed by atoms with Crippen LogP contribution in [0.5, 0.6) is 5.75 Å². The third-order valence-electron chi connectivity index (χ3n) is 3.07. The molecule has 0 spiro atoms. The van der Waals surface area contributed by atoms with Crippen LogP contribution in [0.3, 0.4) is 0 Å². The molecule has 0 radical (unpaired) electrons. The minimum absolute atomic E-state index is 0.295. The van der Waals surface area contributed by atoms with E-state index in [-0.39, 0.29) is 0 Å². The standard InChI is InChI=1S/C16H23N3O2/c1-11(2)8-17-9-14-7-5-6-12(3)16(14)20-10-15-18-13(4)19-21-15/h5-7,11,17H,8-10H2,1-4H3. The van der Waals surface area contributed by atoms with E-state index in [0.29, 0.717) is 24.2 Å². The second-order valence-electron chi connectivity index (χ2n) is 5.61. The Labute approximate surface area is 125 Å². The van der Waals surface area contributed by atoms with E-state index in [1.165, 1.54) is 0 Å². The third-order valence-corrected chi connectivity index (χ3v) is 3.07. The van der Waals surface area contributed by atoms with Gasteiger partial charge in [-0.25, -0.2) is 0 Å². The van der Waals surface area contributed by atoms with Gasteiger partial charge in [0.1, 0.15) is 5.75 Å². The number of ether oxygens (including phenoxy) is 1. The molecule has 0 unspecified atom stereocenters. The van der Waals surface area contributed by atoms with Gasteiger partial charge in [0.2, 0.25) is 0 Å². The van der Waals surface area contributed by atoms with E-state index in [0.717, 1.165) is 30.0 Å². The molecule has 2 aromatic rings. The summed E-state index contributed by atoms with van der Waals surface area (Å²) >= 11 is 0. The second-order valence-corrected chi connectivity index (χ2v) is 5.61. The lowest BCUT2D eigenvalue weighted by molar-refractivity contribution is 0.239. The number of rotatable bonds is 7. The highest BCUT2D eigenvalue weighted by molar-refractivity contribution is 5.40. The second kappa shape index (κ2) is 7.22. The average molecular weight is 289 g/mol. The highest BCUT2D eigenvalue weighted by atomic mass is 16.5. The quantitative estimate of drug-likeness (QED) is 0.849. The molecule has 0 amide bonds. The summed E-state index contributed by atoms with van der Waals surface area (Å²) in [5.74, 6) is 2.64. The first-order chi connectivity index (χ1) is 10.1. The highest BCUT2D eigenvalue weighted by Crippen LogP contribution is 2.24. The molecule has 0 aliphatic rings. The van der Waals surface area contributed by atoms with Crippen LogP contribution in [0.25, 0.3) is 0 Å². The van der Waals surface area contributed by atoms with Gasteiger partial charge in [0, 0.05) is 12.1 Å². The first-order valence-electron chi connectivity index (χ1n) is 7.27. The van der Waals surface area contributed by atoms with Crippen LogP contribution in [0.15, 0.2) is 22.7 Å². The van der Waals surface area contributed by atoms with Crippen molar-refractivity contribution >= 4 is 0 Å². The molecule has 5 heteroatoms. The minimum Gasteiger partial charge on any atom is -0.483 e. The van der Waals surface area contributed by atoms with E-state index in [1.54, 1.807) is 6.92 Å². The van der Waals surface area contributed by atoms with Crippen molar-refractivity contribution in [3.05, 3.63) is 41.0 Å². The molecule has 0 bridgehead atoms. The molecule has 0 aliphatic heterocycles. The molecule has 0 saturated carbocycles. The first kappa shape index (κ1) is 15.5. The van der Waals surface area contributed by atoms with Crippen molar-refractivity contribution in [2.24, 2.45) is 5.92 Å². The number of aryl methyl sites for hydroxylation is 2. The molecule has 0 aliphatic carbocycles. The lowest BCUT2D eigenvalue weighted by Crippen LogP contribution is -2.19. The van der Waals surface area contributed by atoms with Crippen LogP contribution < -0.4 is 10.1 Å². The van der Waals surface area contributed by atoms with Crippen LogP contribution in [0, 0.1) is 19.8 Å². The highest BCUT2D eigenvalue weighted by Gasteiger charge is 2.10. The largest absolute Gasteiger partial charge is 0.483 e. The van der Waals surface area contributed by atoms with Crippen LogP contribution in [0.2, 0.25) is 0 Å². The molecule has 114 valence electrons. The van der Waals surface area contributed by atoms with E-state index in [2.05, 4.69) is 35.4 Å². The zero-order chi connectivity index (χ0) is 15.2. The Kier molecular flexibility index (Phi) is 5.33. The molecular weight excluding hydrogens is 266 g/mol. The number of aromatic nitrogens is 2. The van der Waals surface area contributed by atoms with E-state index in [9.17, 15) is 0 Å². The topological polar surface area (TPSA) is 60.2 Å². The Morgan fingerprint density at radius 3 is 2.76 bits per heavy atom. The van der Waals surface area contributed by atoms with Crippen molar-refractivity contribution < 1.29 is 9.26 Å². The summed E-state index contributed by atoms with van der Waals surface area (Å²) in [6.45, 7) is 10.3. The molecule has 2 rings (SSSR count). The van der Waals surface area contributed by atoms with Crippen molar-refractivity contribution in [1.82, 2.24) is 15.5 Å². The van der Waals surface area contributed by atoms with E-state index in [1.807, 2.05) is 19.1 Å². The third kappa shape index (κ3) is 4.56. The molecular formula is C16H23N3O2. The van der Waals surface area contributed by atoms with Gasteiger partial charge in [-0.3, -0.25) is 0 Å². The zero-order valence-corrected chi connectivity index (χ0v) is 13.1. The Morgan fingerprint density at radius 1 is 1.29 bits per heavy atom. The molecule has 21 heavy (non-hydrogen) atoms. The number of para-hydroxylation sites is 1. The molecule has 1 aromatic heterocycles. The fourth-order valence-corrected chi connectivity index (χ4v) is 2.09. The number of hydrogen-bond donors (Lipinski definition) is 1. The number of nitrogens with one attached hydrogen (secondary N) is 1. The van der Waals surface area contributed by atoms with E-state index < -0.39 is 0 Å². The SMILES string of the molecule is Cc1noc(COc2c(C)cccc2CNCC(C)C)n1. The fraction of sp³-hybridized carbons (Fsp3) is 0.500. The number of nitrogens with zero attached hydrogens (tertiary/aromatic N) is 2. The summed E-state index contributed by atoms with van der Waals surface area (Å²) in [6.07, 6.45) is 0. The summed E-state index contributed by atoms with van der Waals surface area (Å²) < 4.78 is 11.0. The fourth-order valence-electron chi connectivity index (χ4n) is 2.09. The van der Waals surface area contributed by atoms with Crippen LogP contribution in [0.1, 0.15) is 36.7 Å². The maximum absolute atomic E-state index is 5.89. The van der Waals surface area contributed by atoms with Gasteiger partial charge in [-0.05, 0) is 31.9 Å². The smallest absolute Gasteiger partial charge is 0.264 e. The summed E-state index contributed by atoms with van der Waals surface area (Å²) in [5, 5.41) is 7.20. The van der Waals surface area contributed by atoms with Gasteiger partial charge in [-0.2, -0.15) is 4.98 Å². The molecule has 0 fully saturated rings.